The summed E-state index contributed by atoms with van der Waals surface area (Å²) in [5.41, 5.74) is 6.66. The average Bonchev–Trinajstić information content (AvgIpc) is 3.36. The lowest BCUT2D eigenvalue weighted by molar-refractivity contribution is 0.0627. The minimum Gasteiger partial charge on any atom is -0.336 e. The largest absolute Gasteiger partial charge is 0.336 e. The van der Waals surface area contributed by atoms with E-state index in [1.165, 1.54) is 0 Å². The summed E-state index contributed by atoms with van der Waals surface area (Å²) in [7, 11) is 0. The van der Waals surface area contributed by atoms with Crippen LogP contribution in [0.3, 0.4) is 0 Å². The lowest BCUT2D eigenvalue weighted by Crippen LogP contribution is -2.48. The van der Waals surface area contributed by atoms with Crippen LogP contribution in [0.15, 0.2) is 53.9 Å². The molecule has 0 atom stereocenters. The maximum absolute atomic E-state index is 13.2. The molecule has 1 fully saturated rings. The second kappa shape index (κ2) is 9.99. The molecule has 0 bridgehead atoms. The number of carbonyl (C=O) groups is 1. The van der Waals surface area contributed by atoms with Crippen molar-refractivity contribution in [3.8, 4) is 10.6 Å². The van der Waals surface area contributed by atoms with Gasteiger partial charge in [0.1, 0.15) is 5.01 Å². The molecule has 1 aliphatic heterocycles. The molecule has 0 radical (unpaired) electrons. The first-order chi connectivity index (χ1) is 16.6. The summed E-state index contributed by atoms with van der Waals surface area (Å²) in [5, 5.41) is 3.20. The molecule has 1 amide bonds. The number of benzene rings is 2. The van der Waals surface area contributed by atoms with Gasteiger partial charge in [0.2, 0.25) is 0 Å². The van der Waals surface area contributed by atoms with Crippen molar-refractivity contribution >= 4 is 28.3 Å². The molecule has 4 aromatic rings. The zero-order chi connectivity index (χ0) is 23.5. The van der Waals surface area contributed by atoms with Crippen molar-refractivity contribution in [2.75, 3.05) is 26.2 Å². The quantitative estimate of drug-likeness (QED) is 0.403. The minimum atomic E-state index is 0.0704. The highest BCUT2D eigenvalue weighted by Gasteiger charge is 2.23. The van der Waals surface area contributed by atoms with E-state index in [2.05, 4.69) is 36.3 Å². The molecule has 1 saturated heterocycles. The predicted octanol–water partition coefficient (Wildman–Crippen LogP) is 4.84. The lowest BCUT2D eigenvalue weighted by atomic mass is 10.1. The van der Waals surface area contributed by atoms with E-state index in [4.69, 9.17) is 15.0 Å². The van der Waals surface area contributed by atoms with E-state index < -0.39 is 0 Å². The van der Waals surface area contributed by atoms with Gasteiger partial charge in [-0.05, 0) is 31.0 Å². The normalized spacial score (nSPS) is 14.6. The van der Waals surface area contributed by atoms with Crippen LogP contribution in [0.2, 0.25) is 0 Å². The Bertz CT molecular complexity index is 1300. The Labute approximate surface area is 204 Å². The number of hydrogen-bond acceptors (Lipinski definition) is 6. The minimum absolute atomic E-state index is 0.0704. The topological polar surface area (TPSA) is 62.2 Å². The fourth-order valence-electron chi connectivity index (χ4n) is 4.44. The second-order valence-electron chi connectivity index (χ2n) is 8.61. The summed E-state index contributed by atoms with van der Waals surface area (Å²) < 4.78 is 0. The molecule has 0 saturated carbocycles. The van der Waals surface area contributed by atoms with E-state index in [1.54, 1.807) is 11.3 Å². The number of carbonyl (C=O) groups excluding carboxylic acids is 1. The smallest absolute Gasteiger partial charge is 0.254 e. The van der Waals surface area contributed by atoms with E-state index in [0.717, 1.165) is 71.2 Å². The molecular weight excluding hydrogens is 442 g/mol. The van der Waals surface area contributed by atoms with Gasteiger partial charge in [0.15, 0.2) is 0 Å². The molecule has 5 rings (SSSR count). The summed E-state index contributed by atoms with van der Waals surface area (Å²) in [4.78, 5) is 31.9. The van der Waals surface area contributed by atoms with Crippen LogP contribution in [-0.2, 0) is 19.4 Å². The number of fused-ring (bicyclic) bond motifs is 1. The van der Waals surface area contributed by atoms with E-state index in [-0.39, 0.29) is 5.91 Å². The van der Waals surface area contributed by atoms with E-state index in [0.29, 0.717) is 18.7 Å². The van der Waals surface area contributed by atoms with Crippen LogP contribution in [0.25, 0.3) is 21.6 Å². The molecule has 174 valence electrons. The first-order valence-electron chi connectivity index (χ1n) is 12.0. The fraction of sp³-hybridized carbons (Fsp3) is 0.333. The third-order valence-electron chi connectivity index (χ3n) is 6.35. The summed E-state index contributed by atoms with van der Waals surface area (Å²) in [6.07, 6.45) is 1.71. The Morgan fingerprint density at radius 1 is 0.882 bits per heavy atom. The molecule has 6 nitrogen and oxygen atoms in total. The summed E-state index contributed by atoms with van der Waals surface area (Å²) in [6, 6.07) is 16.0. The van der Waals surface area contributed by atoms with Gasteiger partial charge in [-0.15, -0.1) is 11.3 Å². The Balaban J connectivity index is 1.22. The number of amides is 1. The molecule has 3 heterocycles. The van der Waals surface area contributed by atoms with Crippen LogP contribution in [-0.4, -0.2) is 56.8 Å². The standard InChI is InChI=1S/C27H29N5OS/c1-3-22-23(4-2)30-25-16-20(10-11-24(25)29-22)27(33)32-14-12-31(13-15-32)17-21-18-34-26(28-21)19-8-6-5-7-9-19/h5-11,16,18H,3-4,12-15,17H2,1-2H3. The van der Waals surface area contributed by atoms with Gasteiger partial charge in [0.25, 0.3) is 5.91 Å². The molecule has 7 heteroatoms. The zero-order valence-corrected chi connectivity index (χ0v) is 20.5. The third-order valence-corrected chi connectivity index (χ3v) is 7.29. The average molecular weight is 472 g/mol. The van der Waals surface area contributed by atoms with Crippen LogP contribution in [0.4, 0.5) is 0 Å². The Morgan fingerprint density at radius 2 is 1.59 bits per heavy atom. The number of aromatic nitrogens is 3. The number of aryl methyl sites for hydroxylation is 2. The summed E-state index contributed by atoms with van der Waals surface area (Å²) in [5.74, 6) is 0.0704. The molecular formula is C27H29N5OS. The van der Waals surface area contributed by atoms with E-state index >= 15 is 0 Å². The van der Waals surface area contributed by atoms with Gasteiger partial charge in [-0.1, -0.05) is 44.2 Å². The van der Waals surface area contributed by atoms with Gasteiger partial charge in [0.05, 0.1) is 28.1 Å². The van der Waals surface area contributed by atoms with Crippen LogP contribution < -0.4 is 0 Å². The van der Waals surface area contributed by atoms with Crippen molar-refractivity contribution < 1.29 is 4.79 Å². The van der Waals surface area contributed by atoms with Crippen LogP contribution in [0, 0.1) is 0 Å². The van der Waals surface area contributed by atoms with Gasteiger partial charge in [0, 0.05) is 49.2 Å². The molecule has 0 spiro atoms. The van der Waals surface area contributed by atoms with Crippen molar-refractivity contribution in [3.05, 3.63) is 76.6 Å². The first-order valence-corrected chi connectivity index (χ1v) is 12.8. The molecule has 0 N–H and O–H groups in total. The maximum atomic E-state index is 13.2. The molecule has 34 heavy (non-hydrogen) atoms. The molecule has 1 aliphatic rings. The molecule has 0 aliphatic carbocycles. The van der Waals surface area contributed by atoms with Crippen molar-refractivity contribution in [1.29, 1.82) is 0 Å². The Kier molecular flexibility index (Phi) is 6.65. The van der Waals surface area contributed by atoms with Crippen molar-refractivity contribution in [3.63, 3.8) is 0 Å². The second-order valence-corrected chi connectivity index (χ2v) is 9.46. The zero-order valence-electron chi connectivity index (χ0n) is 19.7. The highest BCUT2D eigenvalue weighted by atomic mass is 32.1. The highest BCUT2D eigenvalue weighted by Crippen LogP contribution is 2.24. The maximum Gasteiger partial charge on any atom is 0.254 e. The SMILES string of the molecule is CCc1nc2ccc(C(=O)N3CCN(Cc4csc(-c5ccccc5)n4)CC3)cc2nc1CC. The molecule has 0 unspecified atom stereocenters. The first kappa shape index (κ1) is 22.6. The van der Waals surface area contributed by atoms with Gasteiger partial charge < -0.3 is 4.90 Å². The Hall–Kier alpha value is -3.16. The van der Waals surface area contributed by atoms with Crippen LogP contribution in [0.1, 0.15) is 41.3 Å². The van der Waals surface area contributed by atoms with Gasteiger partial charge in [-0.2, -0.15) is 0 Å². The number of thiazole rings is 1. The lowest BCUT2D eigenvalue weighted by Gasteiger charge is -2.34. The number of nitrogens with zero attached hydrogens (tertiary/aromatic N) is 5. The Morgan fingerprint density at radius 3 is 2.29 bits per heavy atom. The van der Waals surface area contributed by atoms with E-state index in [9.17, 15) is 4.79 Å². The van der Waals surface area contributed by atoms with E-state index in [1.807, 2.05) is 41.3 Å². The fourth-order valence-corrected chi connectivity index (χ4v) is 5.26. The monoisotopic (exact) mass is 471 g/mol. The highest BCUT2D eigenvalue weighted by molar-refractivity contribution is 7.13. The summed E-state index contributed by atoms with van der Waals surface area (Å²) in [6.45, 7) is 8.13. The third kappa shape index (κ3) is 4.72. The molecule has 2 aromatic heterocycles. The van der Waals surface area contributed by atoms with Crippen molar-refractivity contribution in [2.45, 2.75) is 33.2 Å². The molecule has 2 aromatic carbocycles. The number of piperazine rings is 1. The van der Waals surface area contributed by atoms with Gasteiger partial charge in [-0.25, -0.2) is 15.0 Å². The predicted molar refractivity (Wildman–Crippen MR) is 137 cm³/mol. The summed E-state index contributed by atoms with van der Waals surface area (Å²) >= 11 is 1.69. The van der Waals surface area contributed by atoms with Crippen molar-refractivity contribution in [2.24, 2.45) is 0 Å². The number of hydrogen-bond donors (Lipinski definition) is 0. The van der Waals surface area contributed by atoms with Crippen molar-refractivity contribution in [1.82, 2.24) is 24.8 Å². The van der Waals surface area contributed by atoms with Crippen LogP contribution in [0.5, 0.6) is 0 Å². The number of rotatable bonds is 6. The van der Waals surface area contributed by atoms with Crippen LogP contribution >= 0.6 is 11.3 Å². The van der Waals surface area contributed by atoms with Gasteiger partial charge in [-0.3, -0.25) is 9.69 Å². The van der Waals surface area contributed by atoms with Gasteiger partial charge >= 0.3 is 0 Å².